The van der Waals surface area contributed by atoms with Crippen molar-refractivity contribution >= 4 is 45.3 Å². The molecule has 34 heavy (non-hydrogen) atoms. The van der Waals surface area contributed by atoms with E-state index in [9.17, 15) is 19.7 Å². The van der Waals surface area contributed by atoms with E-state index in [4.69, 9.17) is 4.74 Å². The van der Waals surface area contributed by atoms with Crippen LogP contribution in [-0.4, -0.2) is 29.6 Å². The van der Waals surface area contributed by atoms with Crippen molar-refractivity contribution in [3.63, 3.8) is 0 Å². The second-order valence-electron chi connectivity index (χ2n) is 7.35. The van der Waals surface area contributed by atoms with Gasteiger partial charge in [0.15, 0.2) is 6.61 Å². The number of nitrogens with zero attached hydrogens (tertiary/aromatic N) is 2. The number of non-ortho nitro benzene ring substituents is 1. The molecule has 0 fully saturated rings. The Kier molecular flexibility index (Phi) is 8.10. The van der Waals surface area contributed by atoms with Crippen molar-refractivity contribution < 1.29 is 19.2 Å². The number of nitro groups is 1. The van der Waals surface area contributed by atoms with E-state index >= 15 is 0 Å². The summed E-state index contributed by atoms with van der Waals surface area (Å²) in [6.45, 7) is 3.74. The van der Waals surface area contributed by atoms with Crippen LogP contribution >= 0.6 is 15.9 Å². The third kappa shape index (κ3) is 6.72. The molecule has 0 aliphatic heterocycles. The highest BCUT2D eigenvalue weighted by molar-refractivity contribution is 9.10. The van der Waals surface area contributed by atoms with Crippen LogP contribution in [0.2, 0.25) is 0 Å². The van der Waals surface area contributed by atoms with Crippen LogP contribution in [0.3, 0.4) is 0 Å². The molecule has 3 aromatic rings. The van der Waals surface area contributed by atoms with E-state index in [0.717, 1.165) is 16.8 Å². The van der Waals surface area contributed by atoms with E-state index in [-0.39, 0.29) is 23.8 Å². The lowest BCUT2D eigenvalue weighted by molar-refractivity contribution is -0.384. The first-order chi connectivity index (χ1) is 16.2. The van der Waals surface area contributed by atoms with Gasteiger partial charge in [0.05, 0.1) is 15.6 Å². The normalized spacial score (nSPS) is 10.7. The molecule has 0 saturated carbocycles. The molecule has 9 nitrogen and oxygen atoms in total. The molecule has 0 saturated heterocycles. The average molecular weight is 525 g/mol. The van der Waals surface area contributed by atoms with Gasteiger partial charge >= 0.3 is 0 Å². The third-order valence-electron chi connectivity index (χ3n) is 4.67. The van der Waals surface area contributed by atoms with Crippen molar-refractivity contribution in [1.82, 2.24) is 5.43 Å². The third-order valence-corrected chi connectivity index (χ3v) is 5.29. The molecule has 3 aromatic carbocycles. The van der Waals surface area contributed by atoms with Crippen LogP contribution in [0, 0.1) is 24.0 Å². The molecule has 0 heterocycles. The minimum atomic E-state index is -0.575. The Morgan fingerprint density at radius 3 is 2.62 bits per heavy atom. The number of halogens is 1. The van der Waals surface area contributed by atoms with Gasteiger partial charge in [-0.3, -0.25) is 19.7 Å². The molecule has 0 unspecified atom stereocenters. The van der Waals surface area contributed by atoms with Crippen molar-refractivity contribution in [2.45, 2.75) is 13.8 Å². The fraction of sp³-hybridized carbons (Fsp3) is 0.125. The zero-order chi connectivity index (χ0) is 24.7. The van der Waals surface area contributed by atoms with E-state index in [2.05, 4.69) is 31.8 Å². The minimum Gasteiger partial charge on any atom is -0.483 e. The maximum atomic E-state index is 12.2. The maximum absolute atomic E-state index is 12.2. The number of nitro benzene ring substituents is 1. The van der Waals surface area contributed by atoms with Crippen LogP contribution in [-0.2, 0) is 4.79 Å². The number of benzene rings is 3. The number of carbonyl (C=O) groups is 2. The van der Waals surface area contributed by atoms with E-state index < -0.39 is 10.8 Å². The number of amides is 2. The van der Waals surface area contributed by atoms with Crippen LogP contribution in [0.1, 0.15) is 27.0 Å². The van der Waals surface area contributed by atoms with Gasteiger partial charge in [-0.05, 0) is 71.2 Å². The Balaban J connectivity index is 1.54. The van der Waals surface area contributed by atoms with Crippen LogP contribution in [0.25, 0.3) is 0 Å². The summed E-state index contributed by atoms with van der Waals surface area (Å²) in [4.78, 5) is 34.6. The Hall–Kier alpha value is -4.05. The largest absolute Gasteiger partial charge is 0.483 e. The maximum Gasteiger partial charge on any atom is 0.271 e. The molecule has 174 valence electrons. The summed E-state index contributed by atoms with van der Waals surface area (Å²) in [6, 6.07) is 16.2. The van der Waals surface area contributed by atoms with E-state index in [1.165, 1.54) is 30.5 Å². The molecule has 0 aliphatic carbocycles. The molecule has 10 heteroatoms. The first-order valence-electron chi connectivity index (χ1n) is 10.1. The summed E-state index contributed by atoms with van der Waals surface area (Å²) in [6.07, 6.45) is 1.41. The molecule has 2 N–H and O–H groups in total. The van der Waals surface area contributed by atoms with Gasteiger partial charge < -0.3 is 10.1 Å². The lowest BCUT2D eigenvalue weighted by atomic mass is 10.1. The summed E-state index contributed by atoms with van der Waals surface area (Å²) in [5.74, 6) is -0.393. The summed E-state index contributed by atoms with van der Waals surface area (Å²) < 4.78 is 6.19. The molecule has 3 rings (SSSR count). The van der Waals surface area contributed by atoms with E-state index in [1.807, 2.05) is 32.0 Å². The Morgan fingerprint density at radius 1 is 1.12 bits per heavy atom. The first-order valence-corrected chi connectivity index (χ1v) is 10.9. The molecule has 2 amide bonds. The monoisotopic (exact) mass is 524 g/mol. The highest BCUT2D eigenvalue weighted by Gasteiger charge is 2.11. The second kappa shape index (κ2) is 11.2. The highest BCUT2D eigenvalue weighted by atomic mass is 79.9. The van der Waals surface area contributed by atoms with Gasteiger partial charge in [0.1, 0.15) is 5.75 Å². The summed E-state index contributed by atoms with van der Waals surface area (Å²) >= 11 is 3.39. The lowest BCUT2D eigenvalue weighted by Crippen LogP contribution is -2.20. The van der Waals surface area contributed by atoms with Gasteiger partial charge in [-0.1, -0.05) is 23.8 Å². The van der Waals surface area contributed by atoms with Gasteiger partial charge in [0.25, 0.3) is 17.5 Å². The van der Waals surface area contributed by atoms with Crippen LogP contribution in [0.15, 0.2) is 70.2 Å². The molecule has 0 spiro atoms. The van der Waals surface area contributed by atoms with Gasteiger partial charge in [0.2, 0.25) is 0 Å². The lowest BCUT2D eigenvalue weighted by Gasteiger charge is -2.11. The second-order valence-corrected chi connectivity index (χ2v) is 8.21. The zero-order valence-electron chi connectivity index (χ0n) is 18.4. The fourth-order valence-electron chi connectivity index (χ4n) is 2.99. The number of rotatable bonds is 8. The summed E-state index contributed by atoms with van der Waals surface area (Å²) in [5, 5.41) is 17.5. The standard InChI is InChI=1S/C24H21BrN4O5/c1-15-6-8-21(16(2)10-15)27-23(30)14-34-22-9-7-17(11-20(22)25)13-26-28-24(31)18-4-3-5-19(12-18)29(32)33/h3-13H,14H2,1-2H3,(H,27,30)(H,28,31)/b26-13+. The first kappa shape index (κ1) is 24.6. The van der Waals surface area contributed by atoms with Crippen molar-refractivity contribution in [3.8, 4) is 5.75 Å². The number of aryl methyl sites for hydroxylation is 2. The Morgan fingerprint density at radius 2 is 1.91 bits per heavy atom. The number of hydrogen-bond acceptors (Lipinski definition) is 6. The zero-order valence-corrected chi connectivity index (χ0v) is 20.0. The van der Waals surface area contributed by atoms with Gasteiger partial charge in [-0.2, -0.15) is 5.10 Å². The van der Waals surface area contributed by atoms with Crippen LogP contribution in [0.5, 0.6) is 5.75 Å². The molecule has 0 bridgehead atoms. The number of carbonyl (C=O) groups excluding carboxylic acids is 2. The number of hydrazone groups is 1. The van der Waals surface area contributed by atoms with Crippen LogP contribution in [0.4, 0.5) is 11.4 Å². The molecule has 0 atom stereocenters. The predicted molar refractivity (Wildman–Crippen MR) is 132 cm³/mol. The van der Waals surface area contributed by atoms with Crippen LogP contribution < -0.4 is 15.5 Å². The molecule has 0 aliphatic rings. The molecule has 0 radical (unpaired) electrons. The number of nitrogens with one attached hydrogen (secondary N) is 2. The van der Waals surface area contributed by atoms with Crippen molar-refractivity contribution in [1.29, 1.82) is 0 Å². The number of ether oxygens (including phenoxy) is 1. The topological polar surface area (TPSA) is 123 Å². The van der Waals surface area contributed by atoms with E-state index in [0.29, 0.717) is 15.8 Å². The smallest absolute Gasteiger partial charge is 0.271 e. The molecular formula is C24H21BrN4O5. The van der Waals surface area contributed by atoms with Gasteiger partial charge in [-0.15, -0.1) is 0 Å². The molecular weight excluding hydrogens is 504 g/mol. The van der Waals surface area contributed by atoms with Crippen molar-refractivity contribution in [2.75, 3.05) is 11.9 Å². The SMILES string of the molecule is Cc1ccc(NC(=O)COc2ccc(/C=N/NC(=O)c3cccc([N+](=O)[O-])c3)cc2Br)c(C)c1. The number of hydrogen-bond donors (Lipinski definition) is 2. The summed E-state index contributed by atoms with van der Waals surface area (Å²) in [5.41, 5.74) is 5.73. The van der Waals surface area contributed by atoms with Crippen molar-refractivity contribution in [2.24, 2.45) is 5.10 Å². The number of anilines is 1. The quantitative estimate of drug-likeness (QED) is 0.250. The van der Waals surface area contributed by atoms with Gasteiger partial charge in [0, 0.05) is 23.4 Å². The fourth-order valence-corrected chi connectivity index (χ4v) is 3.50. The Bertz CT molecular complexity index is 1280. The highest BCUT2D eigenvalue weighted by Crippen LogP contribution is 2.25. The van der Waals surface area contributed by atoms with Crippen molar-refractivity contribution in [3.05, 3.63) is 97.5 Å². The van der Waals surface area contributed by atoms with E-state index in [1.54, 1.807) is 18.2 Å². The Labute approximate surface area is 204 Å². The summed E-state index contributed by atoms with van der Waals surface area (Å²) in [7, 11) is 0. The minimum absolute atomic E-state index is 0.121. The predicted octanol–water partition coefficient (Wildman–Crippen LogP) is 4.76. The average Bonchev–Trinajstić information content (AvgIpc) is 2.80. The molecule has 0 aromatic heterocycles. The van der Waals surface area contributed by atoms with Gasteiger partial charge in [-0.25, -0.2) is 5.43 Å².